The molecule has 0 bridgehead atoms. The number of rotatable bonds is 11. The van der Waals surface area contributed by atoms with Crippen LogP contribution in [0, 0.1) is 0 Å². The van der Waals surface area contributed by atoms with E-state index in [4.69, 9.17) is 15.2 Å². The van der Waals surface area contributed by atoms with E-state index in [1.165, 1.54) is 19.3 Å². The van der Waals surface area contributed by atoms with E-state index < -0.39 is 0 Å². The third kappa shape index (κ3) is 5.02. The normalized spacial score (nSPS) is 14.1. The van der Waals surface area contributed by atoms with Crippen molar-refractivity contribution in [3.8, 4) is 5.88 Å². The number of methoxy groups -OCH3 is 1. The average Bonchev–Trinajstić information content (AvgIpc) is 3.35. The topological polar surface area (TPSA) is 82.3 Å². The van der Waals surface area contributed by atoms with Gasteiger partial charge < -0.3 is 20.5 Å². The zero-order chi connectivity index (χ0) is 15.8. The lowest BCUT2D eigenvalue weighted by Crippen LogP contribution is -2.13. The summed E-state index contributed by atoms with van der Waals surface area (Å²) in [4.78, 5) is 9.05. The predicted molar refractivity (Wildman–Crippen MR) is 88.4 cm³/mol. The third-order valence-electron chi connectivity index (χ3n) is 3.72. The first-order chi connectivity index (χ1) is 10.8. The number of nitrogens with one attached hydrogen (secondary N) is 1. The highest BCUT2D eigenvalue weighted by Gasteiger charge is 2.28. The van der Waals surface area contributed by atoms with Crippen LogP contribution in [-0.2, 0) is 4.74 Å². The van der Waals surface area contributed by atoms with Crippen molar-refractivity contribution < 1.29 is 9.47 Å². The molecule has 0 atom stereocenters. The SMILES string of the molecule is CCCCCCNc1nc(C2CC2)nc(OCCOC)c1N. The minimum atomic E-state index is 0.442. The third-order valence-corrected chi connectivity index (χ3v) is 3.72. The molecule has 1 fully saturated rings. The molecule has 124 valence electrons. The molecule has 0 spiro atoms. The number of hydrogen-bond acceptors (Lipinski definition) is 6. The Morgan fingerprint density at radius 2 is 2.00 bits per heavy atom. The number of unbranched alkanes of at least 4 members (excludes halogenated alkanes) is 3. The zero-order valence-electron chi connectivity index (χ0n) is 13.7. The Morgan fingerprint density at radius 3 is 2.68 bits per heavy atom. The summed E-state index contributed by atoms with van der Waals surface area (Å²) in [6.45, 7) is 4.05. The van der Waals surface area contributed by atoms with Crippen molar-refractivity contribution in [2.45, 2.75) is 51.4 Å². The largest absolute Gasteiger partial charge is 0.474 e. The van der Waals surface area contributed by atoms with Gasteiger partial charge in [0, 0.05) is 19.6 Å². The summed E-state index contributed by atoms with van der Waals surface area (Å²) in [5.74, 6) is 2.49. The highest BCUT2D eigenvalue weighted by Crippen LogP contribution is 2.40. The van der Waals surface area contributed by atoms with Crippen molar-refractivity contribution in [2.24, 2.45) is 0 Å². The second kappa shape index (κ2) is 8.78. The van der Waals surface area contributed by atoms with Gasteiger partial charge in [-0.15, -0.1) is 0 Å². The van der Waals surface area contributed by atoms with Gasteiger partial charge in [0.2, 0.25) is 5.88 Å². The number of anilines is 2. The van der Waals surface area contributed by atoms with Crippen LogP contribution in [0.4, 0.5) is 11.5 Å². The van der Waals surface area contributed by atoms with E-state index in [1.807, 2.05) is 0 Å². The van der Waals surface area contributed by atoms with Gasteiger partial charge in [-0.3, -0.25) is 0 Å². The van der Waals surface area contributed by atoms with Crippen LogP contribution in [0.1, 0.15) is 57.2 Å². The fourth-order valence-corrected chi connectivity index (χ4v) is 2.21. The summed E-state index contributed by atoms with van der Waals surface area (Å²) in [5, 5.41) is 3.34. The first-order valence-electron chi connectivity index (χ1n) is 8.29. The number of nitrogen functional groups attached to an aromatic ring is 1. The number of nitrogens with two attached hydrogens (primary N) is 1. The fraction of sp³-hybridized carbons (Fsp3) is 0.750. The zero-order valence-corrected chi connectivity index (χ0v) is 13.7. The molecule has 6 nitrogen and oxygen atoms in total. The Morgan fingerprint density at radius 1 is 1.18 bits per heavy atom. The molecule has 0 amide bonds. The molecule has 1 heterocycles. The summed E-state index contributed by atoms with van der Waals surface area (Å²) in [5.41, 5.74) is 6.64. The lowest BCUT2D eigenvalue weighted by Gasteiger charge is -2.14. The summed E-state index contributed by atoms with van der Waals surface area (Å²) in [6.07, 6.45) is 7.14. The second-order valence-corrected chi connectivity index (χ2v) is 5.75. The molecule has 2 rings (SSSR count). The number of hydrogen-bond donors (Lipinski definition) is 2. The average molecular weight is 308 g/mol. The monoisotopic (exact) mass is 308 g/mol. The van der Waals surface area contributed by atoms with Crippen LogP contribution in [0.3, 0.4) is 0 Å². The molecule has 0 aliphatic heterocycles. The highest BCUT2D eigenvalue weighted by molar-refractivity contribution is 5.67. The molecule has 1 saturated carbocycles. The Balaban J connectivity index is 1.99. The van der Waals surface area contributed by atoms with Crippen molar-refractivity contribution in [3.05, 3.63) is 5.82 Å². The van der Waals surface area contributed by atoms with Gasteiger partial charge in [-0.25, -0.2) is 4.98 Å². The molecule has 0 unspecified atom stereocenters. The van der Waals surface area contributed by atoms with Gasteiger partial charge in [0.15, 0.2) is 5.82 Å². The summed E-state index contributed by atoms with van der Waals surface area (Å²) in [7, 11) is 1.64. The van der Waals surface area contributed by atoms with E-state index in [-0.39, 0.29) is 0 Å². The van der Waals surface area contributed by atoms with E-state index >= 15 is 0 Å². The second-order valence-electron chi connectivity index (χ2n) is 5.75. The maximum Gasteiger partial charge on any atom is 0.242 e. The van der Waals surface area contributed by atoms with Gasteiger partial charge in [-0.1, -0.05) is 26.2 Å². The molecule has 1 aliphatic rings. The van der Waals surface area contributed by atoms with Gasteiger partial charge in [0.05, 0.1) is 6.61 Å². The molecule has 1 aliphatic carbocycles. The van der Waals surface area contributed by atoms with Crippen LogP contribution in [0.5, 0.6) is 5.88 Å². The lowest BCUT2D eigenvalue weighted by atomic mass is 10.2. The highest BCUT2D eigenvalue weighted by atomic mass is 16.5. The Hall–Kier alpha value is -1.56. The Bertz CT molecular complexity index is 464. The maximum absolute atomic E-state index is 6.14. The molecule has 1 aromatic heterocycles. The van der Waals surface area contributed by atoms with Crippen LogP contribution < -0.4 is 15.8 Å². The number of nitrogens with zero attached hydrogens (tertiary/aromatic N) is 2. The van der Waals surface area contributed by atoms with E-state index in [0.29, 0.717) is 36.5 Å². The molecule has 0 aromatic carbocycles. The first-order valence-corrected chi connectivity index (χ1v) is 8.29. The molecule has 1 aromatic rings. The molecule has 3 N–H and O–H groups in total. The molecule has 6 heteroatoms. The van der Waals surface area contributed by atoms with E-state index in [1.54, 1.807) is 7.11 Å². The first kappa shape index (κ1) is 16.8. The number of ether oxygens (including phenoxy) is 2. The molecular formula is C16H28N4O2. The predicted octanol–water partition coefficient (Wildman–Crippen LogP) is 2.95. The smallest absolute Gasteiger partial charge is 0.242 e. The van der Waals surface area contributed by atoms with Crippen molar-refractivity contribution in [1.82, 2.24) is 9.97 Å². The molecule has 22 heavy (non-hydrogen) atoms. The minimum Gasteiger partial charge on any atom is -0.474 e. The van der Waals surface area contributed by atoms with Crippen LogP contribution in [0.25, 0.3) is 0 Å². The van der Waals surface area contributed by atoms with Crippen LogP contribution >= 0.6 is 0 Å². The molecule has 0 saturated heterocycles. The van der Waals surface area contributed by atoms with Gasteiger partial charge in [-0.2, -0.15) is 4.98 Å². The van der Waals surface area contributed by atoms with Crippen molar-refractivity contribution in [1.29, 1.82) is 0 Å². The summed E-state index contributed by atoms with van der Waals surface area (Å²) in [6, 6.07) is 0. The molecule has 0 radical (unpaired) electrons. The van der Waals surface area contributed by atoms with Gasteiger partial charge in [0.1, 0.15) is 18.1 Å². The summed E-state index contributed by atoms with van der Waals surface area (Å²) < 4.78 is 10.6. The van der Waals surface area contributed by atoms with E-state index in [9.17, 15) is 0 Å². The van der Waals surface area contributed by atoms with Crippen LogP contribution in [0.15, 0.2) is 0 Å². The van der Waals surface area contributed by atoms with Crippen molar-refractivity contribution in [2.75, 3.05) is 37.9 Å². The maximum atomic E-state index is 6.14. The van der Waals surface area contributed by atoms with Crippen LogP contribution in [-0.4, -0.2) is 36.8 Å². The molecular weight excluding hydrogens is 280 g/mol. The quantitative estimate of drug-likeness (QED) is 0.612. The van der Waals surface area contributed by atoms with E-state index in [0.717, 1.165) is 31.6 Å². The number of aromatic nitrogens is 2. The van der Waals surface area contributed by atoms with Gasteiger partial charge in [-0.05, 0) is 19.3 Å². The Kier molecular flexibility index (Phi) is 6.71. The fourth-order valence-electron chi connectivity index (χ4n) is 2.21. The van der Waals surface area contributed by atoms with Crippen molar-refractivity contribution in [3.63, 3.8) is 0 Å². The van der Waals surface area contributed by atoms with Crippen molar-refractivity contribution >= 4 is 11.5 Å². The minimum absolute atomic E-state index is 0.442. The van der Waals surface area contributed by atoms with E-state index in [2.05, 4.69) is 22.2 Å². The van der Waals surface area contributed by atoms with Crippen LogP contribution in [0.2, 0.25) is 0 Å². The summed E-state index contributed by atoms with van der Waals surface area (Å²) >= 11 is 0. The van der Waals surface area contributed by atoms with Gasteiger partial charge >= 0.3 is 0 Å². The lowest BCUT2D eigenvalue weighted by molar-refractivity contribution is 0.144. The Labute approximate surface area is 132 Å². The van der Waals surface area contributed by atoms with Gasteiger partial charge in [0.25, 0.3) is 0 Å². The standard InChI is InChI=1S/C16H28N4O2/c1-3-4-5-6-9-18-15-13(17)16(22-11-10-21-2)20-14(19-15)12-7-8-12/h12H,3-11,17H2,1-2H3,(H,18,19,20).